The van der Waals surface area contributed by atoms with Crippen LogP contribution in [0.15, 0.2) is 0 Å². The third kappa shape index (κ3) is 2.32. The number of thiocarbonyl (C=S) groups is 1. The minimum atomic E-state index is -0.522. The van der Waals surface area contributed by atoms with E-state index in [1.165, 1.54) is 5.01 Å². The molecule has 2 fully saturated rings. The highest BCUT2D eigenvalue weighted by atomic mass is 32.2. The Bertz CT molecular complexity index is 415. The molecule has 0 aromatic heterocycles. The van der Waals surface area contributed by atoms with Crippen molar-refractivity contribution in [1.29, 1.82) is 0 Å². The topological polar surface area (TPSA) is 61.6 Å². The number of fused-ring (bicyclic) bond motifs is 1. The summed E-state index contributed by atoms with van der Waals surface area (Å²) in [5.41, 5.74) is -0.680. The lowest BCUT2D eigenvalue weighted by atomic mass is 9.88. The van der Waals surface area contributed by atoms with Crippen LogP contribution in [0.1, 0.15) is 33.6 Å². The molecule has 0 aromatic carbocycles. The van der Waals surface area contributed by atoms with Crippen LogP contribution in [-0.4, -0.2) is 50.2 Å². The molecule has 2 aliphatic heterocycles. The number of rotatable bonds is 3. The van der Waals surface area contributed by atoms with Crippen LogP contribution in [0.3, 0.4) is 0 Å². The largest absolute Gasteiger partial charge is 0.357 e. The second-order valence-corrected chi connectivity index (χ2v) is 7.46. The van der Waals surface area contributed by atoms with E-state index in [1.54, 1.807) is 11.8 Å². The molecule has 0 unspecified atom stereocenters. The van der Waals surface area contributed by atoms with Crippen LogP contribution in [0, 0.1) is 0 Å². The molecule has 2 heterocycles. The lowest BCUT2D eigenvalue weighted by molar-refractivity contribution is -0.132. The van der Waals surface area contributed by atoms with Crippen molar-refractivity contribution in [3.8, 4) is 0 Å². The summed E-state index contributed by atoms with van der Waals surface area (Å²) in [5, 5.41) is 5.33. The van der Waals surface area contributed by atoms with Gasteiger partial charge in [0.25, 0.3) is 5.91 Å². The van der Waals surface area contributed by atoms with Gasteiger partial charge in [-0.15, -0.1) is 0 Å². The average molecular weight is 302 g/mol. The lowest BCUT2D eigenvalue weighted by Gasteiger charge is -2.51. The molecule has 0 aliphatic carbocycles. The monoisotopic (exact) mass is 302 g/mol. The van der Waals surface area contributed by atoms with Crippen molar-refractivity contribution in [2.75, 3.05) is 12.0 Å². The van der Waals surface area contributed by atoms with Gasteiger partial charge in [-0.3, -0.25) is 9.80 Å². The summed E-state index contributed by atoms with van der Waals surface area (Å²) < 4.78 is 0. The van der Waals surface area contributed by atoms with Gasteiger partial charge < -0.3 is 10.2 Å². The molecule has 19 heavy (non-hydrogen) atoms. The van der Waals surface area contributed by atoms with Gasteiger partial charge in [-0.25, -0.2) is 5.84 Å². The van der Waals surface area contributed by atoms with Crippen LogP contribution in [-0.2, 0) is 4.79 Å². The normalized spacial score (nSPS) is 33.4. The number of hydrogen-bond donors (Lipinski definition) is 2. The molecule has 2 saturated heterocycles. The van der Waals surface area contributed by atoms with E-state index >= 15 is 0 Å². The van der Waals surface area contributed by atoms with E-state index in [-0.39, 0.29) is 17.5 Å². The summed E-state index contributed by atoms with van der Waals surface area (Å²) in [6.07, 6.45) is 3.55. The Kier molecular flexibility index (Phi) is 3.75. The van der Waals surface area contributed by atoms with E-state index < -0.39 is 5.66 Å². The maximum atomic E-state index is 12.4. The van der Waals surface area contributed by atoms with Gasteiger partial charge in [0.1, 0.15) is 11.7 Å². The maximum absolute atomic E-state index is 12.4. The molecule has 3 N–H and O–H groups in total. The van der Waals surface area contributed by atoms with Gasteiger partial charge in [0.05, 0.1) is 0 Å². The van der Waals surface area contributed by atoms with Gasteiger partial charge in [-0.1, -0.05) is 0 Å². The number of amides is 1. The van der Waals surface area contributed by atoms with Crippen LogP contribution in [0.2, 0.25) is 0 Å². The zero-order chi connectivity index (χ0) is 14.4. The number of hydrazine groups is 1. The Hall–Kier alpha value is -0.530. The Balaban J connectivity index is 2.34. The lowest BCUT2D eigenvalue weighted by Crippen LogP contribution is -2.69. The molecule has 5 nitrogen and oxygen atoms in total. The highest BCUT2D eigenvalue weighted by Crippen LogP contribution is 2.40. The summed E-state index contributed by atoms with van der Waals surface area (Å²) in [7, 11) is 0. The molecule has 0 spiro atoms. The third-order valence-corrected chi connectivity index (χ3v) is 4.85. The molecule has 2 atom stereocenters. The summed E-state index contributed by atoms with van der Waals surface area (Å²) in [5.74, 6) is 6.95. The molecular weight excluding hydrogens is 280 g/mol. The van der Waals surface area contributed by atoms with Gasteiger partial charge in [0, 0.05) is 12.0 Å². The molecule has 7 heteroatoms. The zero-order valence-corrected chi connectivity index (χ0v) is 13.5. The van der Waals surface area contributed by atoms with Crippen LogP contribution in [0.4, 0.5) is 0 Å². The Morgan fingerprint density at radius 1 is 1.53 bits per heavy atom. The number of nitrogens with zero attached hydrogens (tertiary/aromatic N) is 2. The van der Waals surface area contributed by atoms with E-state index in [4.69, 9.17) is 18.1 Å². The quantitative estimate of drug-likeness (QED) is 0.459. The zero-order valence-electron chi connectivity index (χ0n) is 11.9. The van der Waals surface area contributed by atoms with E-state index in [2.05, 4.69) is 19.2 Å². The summed E-state index contributed by atoms with van der Waals surface area (Å²) in [6, 6.07) is -0.237. The predicted octanol–water partition coefficient (Wildman–Crippen LogP) is 0.899. The standard InChI is InChI=1S/C12H22N4OS2/c1-11(2)7-12(3)15(10(18)14-11)8(5-6-19-4)9(17)16(12)13/h8H,5-7,13H2,1-4H3,(H,14,18)/t8-,12+/m1/s1. The van der Waals surface area contributed by atoms with Gasteiger partial charge in [0.2, 0.25) is 0 Å². The molecule has 1 amide bonds. The highest BCUT2D eigenvalue weighted by Gasteiger charge is 2.58. The van der Waals surface area contributed by atoms with Crippen molar-refractivity contribution in [3.05, 3.63) is 0 Å². The molecule has 0 saturated carbocycles. The second-order valence-electron chi connectivity index (χ2n) is 6.08. The summed E-state index contributed by atoms with van der Waals surface area (Å²) in [6.45, 7) is 6.16. The summed E-state index contributed by atoms with van der Waals surface area (Å²) >= 11 is 7.20. The van der Waals surface area contributed by atoms with Gasteiger partial charge in [-0.2, -0.15) is 11.8 Å². The van der Waals surface area contributed by atoms with Crippen LogP contribution in [0.5, 0.6) is 0 Å². The Labute approximate surface area is 124 Å². The first-order valence-corrected chi connectivity index (χ1v) is 8.22. The van der Waals surface area contributed by atoms with Crippen LogP contribution >= 0.6 is 24.0 Å². The molecule has 2 rings (SSSR count). The number of hydrogen-bond acceptors (Lipinski definition) is 4. The van der Waals surface area contributed by atoms with E-state index in [0.717, 1.165) is 18.6 Å². The van der Waals surface area contributed by atoms with Crippen molar-refractivity contribution in [3.63, 3.8) is 0 Å². The fourth-order valence-corrected chi connectivity index (χ4v) is 4.26. The van der Waals surface area contributed by atoms with Gasteiger partial charge in [-0.05, 0) is 51.4 Å². The van der Waals surface area contributed by atoms with Crippen molar-refractivity contribution >= 4 is 35.0 Å². The van der Waals surface area contributed by atoms with Crippen LogP contribution < -0.4 is 11.2 Å². The Morgan fingerprint density at radius 2 is 2.16 bits per heavy atom. The minimum absolute atomic E-state index is 0.0293. The molecule has 0 bridgehead atoms. The smallest absolute Gasteiger partial charge is 0.261 e. The SMILES string of the molecule is CSCC[C@@H]1C(=O)N(N)[C@@]2(C)CC(C)(C)NC(=S)N12. The predicted molar refractivity (Wildman–Crippen MR) is 82.5 cm³/mol. The molecule has 108 valence electrons. The number of nitrogens with two attached hydrogens (primary N) is 1. The fraction of sp³-hybridized carbons (Fsp3) is 0.833. The molecule has 0 aromatic rings. The fourth-order valence-electron chi connectivity index (χ4n) is 3.20. The molecule has 2 aliphatic rings. The van der Waals surface area contributed by atoms with E-state index in [9.17, 15) is 4.79 Å². The molecular formula is C12H22N4OS2. The van der Waals surface area contributed by atoms with Gasteiger partial charge >= 0.3 is 0 Å². The van der Waals surface area contributed by atoms with E-state index in [1.807, 2.05) is 18.1 Å². The Morgan fingerprint density at radius 3 is 2.74 bits per heavy atom. The van der Waals surface area contributed by atoms with Gasteiger partial charge in [0.15, 0.2) is 5.11 Å². The van der Waals surface area contributed by atoms with Crippen molar-refractivity contribution in [1.82, 2.24) is 15.2 Å². The number of thioether (sulfide) groups is 1. The number of carbonyl (C=O) groups is 1. The van der Waals surface area contributed by atoms with Crippen molar-refractivity contribution in [2.24, 2.45) is 5.84 Å². The average Bonchev–Trinajstić information content (AvgIpc) is 2.46. The first-order chi connectivity index (χ1) is 8.73. The first-order valence-electron chi connectivity index (χ1n) is 6.42. The summed E-state index contributed by atoms with van der Waals surface area (Å²) in [4.78, 5) is 14.4. The maximum Gasteiger partial charge on any atom is 0.261 e. The van der Waals surface area contributed by atoms with E-state index in [0.29, 0.717) is 5.11 Å². The van der Waals surface area contributed by atoms with Crippen molar-refractivity contribution < 1.29 is 4.79 Å². The number of carbonyl (C=O) groups excluding carboxylic acids is 1. The van der Waals surface area contributed by atoms with Crippen LogP contribution in [0.25, 0.3) is 0 Å². The first kappa shape index (κ1) is 14.9. The third-order valence-electron chi connectivity index (χ3n) is 3.91. The minimum Gasteiger partial charge on any atom is -0.357 e. The highest BCUT2D eigenvalue weighted by molar-refractivity contribution is 7.98. The van der Waals surface area contributed by atoms with Crippen molar-refractivity contribution in [2.45, 2.75) is 50.9 Å². The second kappa shape index (κ2) is 4.79. The molecule has 0 radical (unpaired) electrons. The number of nitrogens with one attached hydrogen (secondary N) is 1.